The molecule has 0 atom stereocenters. The summed E-state index contributed by atoms with van der Waals surface area (Å²) >= 11 is 0. The first kappa shape index (κ1) is 43.1. The summed E-state index contributed by atoms with van der Waals surface area (Å²) in [5.74, 6) is 2.35. The number of hydrogen-bond acceptors (Lipinski definition) is 6. The highest BCUT2D eigenvalue weighted by atomic mass is 16.3. The number of rotatable bonds is 10. The molecule has 0 aliphatic rings. The fraction of sp³-hybridized carbons (Fsp3) is 0. The molecule has 0 aliphatic heterocycles. The lowest BCUT2D eigenvalue weighted by molar-refractivity contribution is 0.669. The van der Waals surface area contributed by atoms with Crippen LogP contribution in [0.15, 0.2) is 265 Å². The van der Waals surface area contributed by atoms with Gasteiger partial charge in [0.15, 0.2) is 23.3 Å². The highest BCUT2D eigenvalue weighted by Gasteiger charge is 2.18. The molecule has 13 aromatic rings. The molecule has 3 heterocycles. The molecule has 0 saturated carbocycles. The molecule has 3 aromatic heterocycles. The third kappa shape index (κ3) is 8.75. The van der Waals surface area contributed by atoms with Gasteiger partial charge in [-0.3, -0.25) is 0 Å². The first-order valence-corrected chi connectivity index (χ1v) is 24.4. The summed E-state index contributed by atoms with van der Waals surface area (Å²) in [4.78, 5) is 26.0. The summed E-state index contributed by atoms with van der Waals surface area (Å²) < 4.78 is 6.34. The van der Waals surface area contributed by atoms with E-state index in [4.69, 9.17) is 29.3 Å². The summed E-state index contributed by atoms with van der Waals surface area (Å²) in [6.45, 7) is 0. The first-order chi connectivity index (χ1) is 36.1. The van der Waals surface area contributed by atoms with Gasteiger partial charge in [-0.15, -0.1) is 0 Å². The van der Waals surface area contributed by atoms with Gasteiger partial charge in [-0.1, -0.05) is 200 Å². The maximum Gasteiger partial charge on any atom is 0.164 e. The molecule has 0 fully saturated rings. The zero-order valence-corrected chi connectivity index (χ0v) is 39.5. The summed E-state index contributed by atoms with van der Waals surface area (Å²) in [6, 6.07) is 90.1. The van der Waals surface area contributed by atoms with Gasteiger partial charge in [0.25, 0.3) is 0 Å². The Bertz CT molecular complexity index is 4080. The van der Waals surface area contributed by atoms with Crippen molar-refractivity contribution < 1.29 is 4.42 Å². The van der Waals surface area contributed by atoms with E-state index < -0.39 is 0 Å². The number of fused-ring (bicyclic) bond motifs is 3. The van der Waals surface area contributed by atoms with Crippen molar-refractivity contribution in [3.05, 3.63) is 261 Å². The third-order valence-corrected chi connectivity index (χ3v) is 13.3. The molecular weight excluding hydrogens is 891 g/mol. The van der Waals surface area contributed by atoms with Crippen LogP contribution in [-0.2, 0) is 0 Å². The standard InChI is InChI=1S/C67H43N5O/c1-5-18-44(19-6-1)48-26-16-30-52(37-48)65-70-66(72-67(71-65)54-34-35-59-58-32-13-14-33-62(58)73-63(59)42-54)53-31-17-28-50(38-53)49-27-15-29-51(36-49)60-43-61(69-64(68-60)47-24-11-4-12-25-47)57-40-55(45-20-7-2-8-21-45)39-56(41-57)46-22-9-3-10-23-46/h1-43H. The highest BCUT2D eigenvalue weighted by molar-refractivity contribution is 6.05. The Balaban J connectivity index is 0.915. The van der Waals surface area contributed by atoms with Crippen LogP contribution >= 0.6 is 0 Å². The Kier molecular flexibility index (Phi) is 11.1. The van der Waals surface area contributed by atoms with Gasteiger partial charge in [0.2, 0.25) is 0 Å². The molecule has 342 valence electrons. The van der Waals surface area contributed by atoms with E-state index in [2.05, 4.69) is 212 Å². The minimum atomic E-state index is 0.554. The molecule has 0 saturated heterocycles. The van der Waals surface area contributed by atoms with Crippen LogP contribution < -0.4 is 0 Å². The number of aromatic nitrogens is 5. The van der Waals surface area contributed by atoms with E-state index in [1.54, 1.807) is 0 Å². The Hall–Kier alpha value is -9.91. The molecule has 0 N–H and O–H groups in total. The monoisotopic (exact) mass is 933 g/mol. The van der Waals surface area contributed by atoms with E-state index in [0.29, 0.717) is 23.3 Å². The molecule has 6 heteroatoms. The molecule has 13 rings (SSSR count). The summed E-state index contributed by atoms with van der Waals surface area (Å²) in [5, 5.41) is 2.12. The number of furan rings is 1. The van der Waals surface area contributed by atoms with Crippen LogP contribution in [0.1, 0.15) is 0 Å². The molecule has 0 bridgehead atoms. The normalized spacial score (nSPS) is 11.3. The van der Waals surface area contributed by atoms with Gasteiger partial charge in [0, 0.05) is 44.2 Å². The van der Waals surface area contributed by atoms with E-state index in [9.17, 15) is 0 Å². The number of nitrogens with zero attached hydrogens (tertiary/aromatic N) is 5. The molecule has 10 aromatic carbocycles. The maximum absolute atomic E-state index is 6.34. The molecule has 6 nitrogen and oxygen atoms in total. The molecule has 0 amide bonds. The van der Waals surface area contributed by atoms with Crippen LogP contribution in [0.2, 0.25) is 0 Å². The molecular formula is C67H43N5O. The topological polar surface area (TPSA) is 77.6 Å². The molecule has 73 heavy (non-hydrogen) atoms. The van der Waals surface area contributed by atoms with Crippen molar-refractivity contribution in [3.8, 4) is 113 Å². The maximum atomic E-state index is 6.34. The van der Waals surface area contributed by atoms with Crippen LogP contribution in [0.25, 0.3) is 135 Å². The average molecular weight is 934 g/mol. The Morgan fingerprint density at radius 3 is 1.11 bits per heavy atom. The second-order valence-corrected chi connectivity index (χ2v) is 18.1. The molecule has 0 aliphatic carbocycles. The van der Waals surface area contributed by atoms with Gasteiger partial charge in [-0.05, 0) is 105 Å². The van der Waals surface area contributed by atoms with Crippen molar-refractivity contribution >= 4 is 21.9 Å². The van der Waals surface area contributed by atoms with Gasteiger partial charge in [0.1, 0.15) is 11.2 Å². The van der Waals surface area contributed by atoms with Gasteiger partial charge in [-0.25, -0.2) is 24.9 Å². The zero-order chi connectivity index (χ0) is 48.5. The van der Waals surface area contributed by atoms with E-state index >= 15 is 0 Å². The largest absolute Gasteiger partial charge is 0.456 e. The number of benzene rings is 10. The first-order valence-electron chi connectivity index (χ1n) is 24.4. The molecule has 0 spiro atoms. The predicted octanol–water partition coefficient (Wildman–Crippen LogP) is 17.2. The summed E-state index contributed by atoms with van der Waals surface area (Å²) in [5.41, 5.74) is 17.5. The van der Waals surface area contributed by atoms with Gasteiger partial charge in [-0.2, -0.15) is 0 Å². The predicted molar refractivity (Wildman–Crippen MR) is 297 cm³/mol. The van der Waals surface area contributed by atoms with Crippen LogP contribution in [0.5, 0.6) is 0 Å². The summed E-state index contributed by atoms with van der Waals surface area (Å²) in [7, 11) is 0. The van der Waals surface area contributed by atoms with Crippen molar-refractivity contribution in [1.29, 1.82) is 0 Å². The molecule has 0 radical (unpaired) electrons. The lowest BCUT2D eigenvalue weighted by Gasteiger charge is -2.14. The smallest absolute Gasteiger partial charge is 0.164 e. The SMILES string of the molecule is c1ccc(-c2cc(-c3ccccc3)cc(-c3cc(-c4cccc(-c5cccc(-c6nc(-c7cccc(-c8ccccc8)c7)nc(-c7ccc8c(c7)oc7ccccc78)n6)c5)c4)nc(-c4ccccc4)n3)c2)cc1. The fourth-order valence-corrected chi connectivity index (χ4v) is 9.62. The van der Waals surface area contributed by atoms with Crippen molar-refractivity contribution in [1.82, 2.24) is 24.9 Å². The van der Waals surface area contributed by atoms with Gasteiger partial charge < -0.3 is 4.42 Å². The minimum Gasteiger partial charge on any atom is -0.456 e. The van der Waals surface area contributed by atoms with Crippen molar-refractivity contribution in [3.63, 3.8) is 0 Å². The van der Waals surface area contributed by atoms with Crippen molar-refractivity contribution in [2.75, 3.05) is 0 Å². The fourth-order valence-electron chi connectivity index (χ4n) is 9.62. The zero-order valence-electron chi connectivity index (χ0n) is 39.5. The van der Waals surface area contributed by atoms with Crippen molar-refractivity contribution in [2.24, 2.45) is 0 Å². The third-order valence-electron chi connectivity index (χ3n) is 13.3. The second kappa shape index (κ2) is 18.8. The number of para-hydroxylation sites is 1. The van der Waals surface area contributed by atoms with Gasteiger partial charge >= 0.3 is 0 Å². The Labute approximate surface area is 422 Å². The van der Waals surface area contributed by atoms with E-state index in [-0.39, 0.29) is 0 Å². The number of hydrogen-bond donors (Lipinski definition) is 0. The summed E-state index contributed by atoms with van der Waals surface area (Å²) in [6.07, 6.45) is 0. The minimum absolute atomic E-state index is 0.554. The molecule has 0 unspecified atom stereocenters. The van der Waals surface area contributed by atoms with Crippen LogP contribution in [-0.4, -0.2) is 24.9 Å². The van der Waals surface area contributed by atoms with Crippen molar-refractivity contribution in [2.45, 2.75) is 0 Å². The van der Waals surface area contributed by atoms with Crippen LogP contribution in [0.4, 0.5) is 0 Å². The highest BCUT2D eigenvalue weighted by Crippen LogP contribution is 2.37. The lowest BCUT2D eigenvalue weighted by atomic mass is 9.94. The second-order valence-electron chi connectivity index (χ2n) is 18.1. The Morgan fingerprint density at radius 2 is 0.548 bits per heavy atom. The van der Waals surface area contributed by atoms with E-state index in [1.165, 1.54) is 0 Å². The average Bonchev–Trinajstić information content (AvgIpc) is 3.86. The van der Waals surface area contributed by atoms with Gasteiger partial charge in [0.05, 0.1) is 11.4 Å². The van der Waals surface area contributed by atoms with E-state index in [0.717, 1.165) is 111 Å². The van der Waals surface area contributed by atoms with Crippen LogP contribution in [0.3, 0.4) is 0 Å². The quantitative estimate of drug-likeness (QED) is 0.136. The van der Waals surface area contributed by atoms with Crippen LogP contribution in [0, 0.1) is 0 Å². The Morgan fingerprint density at radius 1 is 0.192 bits per heavy atom. The lowest BCUT2D eigenvalue weighted by Crippen LogP contribution is -2.00. The van der Waals surface area contributed by atoms with E-state index in [1.807, 2.05) is 48.5 Å².